The van der Waals surface area contributed by atoms with Crippen molar-refractivity contribution in [1.82, 2.24) is 0 Å². The first-order valence-electron chi connectivity index (χ1n) is 8.27. The maximum absolute atomic E-state index is 12.3. The zero-order valence-electron chi connectivity index (χ0n) is 14.9. The molecule has 0 atom stereocenters. The molecule has 2 rings (SSSR count). The zero-order chi connectivity index (χ0) is 19.6. The van der Waals surface area contributed by atoms with Crippen LogP contribution in [0, 0.1) is 0 Å². The normalized spacial score (nSPS) is 10.3. The molecule has 0 heterocycles. The van der Waals surface area contributed by atoms with Crippen LogP contribution in [0.25, 0.3) is 0 Å². The number of hydrogen-bond acceptors (Lipinski definition) is 5. The summed E-state index contributed by atoms with van der Waals surface area (Å²) in [6, 6.07) is 13.1. The average Bonchev–Trinajstić information content (AvgIpc) is 2.69. The van der Waals surface area contributed by atoms with E-state index in [2.05, 4.69) is 21.2 Å². The number of Topliss-reactive ketones (excluding diaryl/α,β-unsaturated/α-hetero) is 2. The molecule has 0 fully saturated rings. The summed E-state index contributed by atoms with van der Waals surface area (Å²) < 4.78 is 10.3. The molecule has 1 N–H and O–H groups in total. The highest BCUT2D eigenvalue weighted by molar-refractivity contribution is 9.09. The molecule has 0 aliphatic rings. The first kappa shape index (κ1) is 20.8. The van der Waals surface area contributed by atoms with Crippen LogP contribution in [-0.2, 0) is 9.53 Å². The predicted molar refractivity (Wildman–Crippen MR) is 106 cm³/mol. The van der Waals surface area contributed by atoms with Crippen molar-refractivity contribution in [3.8, 4) is 5.75 Å². The molecule has 2 aromatic rings. The molecule has 0 saturated heterocycles. The van der Waals surface area contributed by atoms with Crippen LogP contribution < -0.4 is 10.1 Å². The Labute approximate surface area is 166 Å². The van der Waals surface area contributed by atoms with Gasteiger partial charge in [-0.05, 0) is 48.5 Å². The van der Waals surface area contributed by atoms with Gasteiger partial charge in [0.05, 0.1) is 18.4 Å². The number of rotatable bonds is 10. The number of anilines is 1. The van der Waals surface area contributed by atoms with Crippen molar-refractivity contribution in [3.63, 3.8) is 0 Å². The Morgan fingerprint density at radius 3 is 1.96 bits per heavy atom. The number of ketones is 2. The molecular weight excluding hydrogens is 414 g/mol. The van der Waals surface area contributed by atoms with E-state index in [0.29, 0.717) is 35.8 Å². The lowest BCUT2D eigenvalue weighted by Gasteiger charge is -2.07. The maximum atomic E-state index is 12.3. The molecule has 0 aliphatic carbocycles. The molecular formula is C20H20BrNO5. The van der Waals surface area contributed by atoms with E-state index >= 15 is 0 Å². The summed E-state index contributed by atoms with van der Waals surface area (Å²) in [5.41, 5.74) is 1.45. The van der Waals surface area contributed by atoms with Crippen LogP contribution in [0.2, 0.25) is 0 Å². The van der Waals surface area contributed by atoms with Gasteiger partial charge in [0.1, 0.15) is 12.4 Å². The van der Waals surface area contributed by atoms with Gasteiger partial charge in [-0.25, -0.2) is 0 Å². The molecule has 6 nitrogen and oxygen atoms in total. The quantitative estimate of drug-likeness (QED) is 0.268. The lowest BCUT2D eigenvalue weighted by Crippen LogP contribution is -2.12. The van der Waals surface area contributed by atoms with Gasteiger partial charge in [-0.1, -0.05) is 15.9 Å². The predicted octanol–water partition coefficient (Wildman–Crippen LogP) is 3.50. The molecule has 2 aromatic carbocycles. The Hall–Kier alpha value is -2.51. The summed E-state index contributed by atoms with van der Waals surface area (Å²) in [4.78, 5) is 35.9. The maximum Gasteiger partial charge on any atom is 0.235 e. The Balaban J connectivity index is 1.92. The highest BCUT2D eigenvalue weighted by atomic mass is 79.9. The first-order chi connectivity index (χ1) is 13.0. The number of methoxy groups -OCH3 is 1. The van der Waals surface area contributed by atoms with Gasteiger partial charge in [0.2, 0.25) is 5.91 Å². The van der Waals surface area contributed by atoms with Crippen LogP contribution in [0.15, 0.2) is 48.5 Å². The van der Waals surface area contributed by atoms with E-state index in [4.69, 9.17) is 9.47 Å². The van der Waals surface area contributed by atoms with Gasteiger partial charge < -0.3 is 14.8 Å². The second kappa shape index (κ2) is 10.6. The second-order valence-corrected chi connectivity index (χ2v) is 6.21. The van der Waals surface area contributed by atoms with E-state index in [9.17, 15) is 14.4 Å². The number of halogens is 1. The van der Waals surface area contributed by atoms with Crippen LogP contribution in [0.1, 0.15) is 27.1 Å². The zero-order valence-corrected chi connectivity index (χ0v) is 16.5. The first-order valence-corrected chi connectivity index (χ1v) is 9.39. The third-order valence-electron chi connectivity index (χ3n) is 3.67. The molecule has 7 heteroatoms. The summed E-state index contributed by atoms with van der Waals surface area (Å²) >= 11 is 3.06. The number of benzene rings is 2. The van der Waals surface area contributed by atoms with E-state index in [1.165, 1.54) is 0 Å². The van der Waals surface area contributed by atoms with Crippen LogP contribution in [0.4, 0.5) is 5.69 Å². The van der Waals surface area contributed by atoms with Gasteiger partial charge in [0.15, 0.2) is 11.6 Å². The molecule has 0 radical (unpaired) electrons. The van der Waals surface area contributed by atoms with Crippen molar-refractivity contribution in [1.29, 1.82) is 0 Å². The standard InChI is InChI=1S/C20H20BrNO5/c1-26-10-11-27-17-8-4-15(5-9-17)19(24)12-18(23)14-2-6-16(7-3-14)22-20(25)13-21/h2-9H,10-13H2,1H3,(H,22,25). The van der Waals surface area contributed by atoms with E-state index in [-0.39, 0.29) is 29.2 Å². The van der Waals surface area contributed by atoms with Crippen molar-refractivity contribution < 1.29 is 23.9 Å². The Morgan fingerprint density at radius 2 is 1.44 bits per heavy atom. The second-order valence-electron chi connectivity index (χ2n) is 5.65. The highest BCUT2D eigenvalue weighted by Gasteiger charge is 2.14. The lowest BCUT2D eigenvalue weighted by atomic mass is 10.0. The van der Waals surface area contributed by atoms with Crippen molar-refractivity contribution in [3.05, 3.63) is 59.7 Å². The molecule has 0 unspecified atom stereocenters. The smallest absolute Gasteiger partial charge is 0.235 e. The topological polar surface area (TPSA) is 81.7 Å². The van der Waals surface area contributed by atoms with Gasteiger partial charge in [-0.3, -0.25) is 14.4 Å². The van der Waals surface area contributed by atoms with Gasteiger partial charge in [-0.15, -0.1) is 0 Å². The van der Waals surface area contributed by atoms with Crippen molar-refractivity contribution >= 4 is 39.1 Å². The summed E-state index contributed by atoms with van der Waals surface area (Å²) in [5, 5.41) is 2.86. The molecule has 0 saturated carbocycles. The minimum atomic E-state index is -0.279. The van der Waals surface area contributed by atoms with Crippen LogP contribution in [0.5, 0.6) is 5.75 Å². The summed E-state index contributed by atoms with van der Waals surface area (Å²) in [6.45, 7) is 0.905. The minimum absolute atomic E-state index is 0.182. The molecule has 1 amide bonds. The monoisotopic (exact) mass is 433 g/mol. The molecule has 0 spiro atoms. The average molecular weight is 434 g/mol. The number of ether oxygens (including phenoxy) is 2. The van der Waals surface area contributed by atoms with E-state index in [0.717, 1.165) is 0 Å². The number of alkyl halides is 1. The Kier molecular flexibility index (Phi) is 8.16. The van der Waals surface area contributed by atoms with Crippen LogP contribution >= 0.6 is 15.9 Å². The number of carbonyl (C=O) groups excluding carboxylic acids is 3. The molecule has 0 aromatic heterocycles. The van der Waals surface area contributed by atoms with E-state index in [1.54, 1.807) is 55.6 Å². The van der Waals surface area contributed by atoms with Gasteiger partial charge in [-0.2, -0.15) is 0 Å². The Morgan fingerprint density at radius 1 is 0.889 bits per heavy atom. The summed E-state index contributed by atoms with van der Waals surface area (Å²) in [6.07, 6.45) is -0.225. The number of carbonyl (C=O) groups is 3. The van der Waals surface area contributed by atoms with Crippen molar-refractivity contribution in [2.45, 2.75) is 6.42 Å². The highest BCUT2D eigenvalue weighted by Crippen LogP contribution is 2.16. The van der Waals surface area contributed by atoms with Gasteiger partial charge >= 0.3 is 0 Å². The summed E-state index contributed by atoms with van der Waals surface area (Å²) in [5.74, 6) is -0.0890. The van der Waals surface area contributed by atoms with Crippen LogP contribution in [0.3, 0.4) is 0 Å². The fourth-order valence-corrected chi connectivity index (χ4v) is 2.40. The minimum Gasteiger partial charge on any atom is -0.491 e. The number of nitrogens with one attached hydrogen (secondary N) is 1. The summed E-state index contributed by atoms with van der Waals surface area (Å²) in [7, 11) is 1.59. The fraction of sp³-hybridized carbons (Fsp3) is 0.250. The number of hydrogen-bond donors (Lipinski definition) is 1. The number of amides is 1. The van der Waals surface area contributed by atoms with Gasteiger partial charge in [0, 0.05) is 23.9 Å². The largest absolute Gasteiger partial charge is 0.491 e. The molecule has 27 heavy (non-hydrogen) atoms. The van der Waals surface area contributed by atoms with Gasteiger partial charge in [0.25, 0.3) is 0 Å². The lowest BCUT2D eigenvalue weighted by molar-refractivity contribution is -0.113. The van der Waals surface area contributed by atoms with E-state index < -0.39 is 0 Å². The SMILES string of the molecule is COCCOc1ccc(C(=O)CC(=O)c2ccc(NC(=O)CBr)cc2)cc1. The molecule has 142 valence electrons. The molecule has 0 aliphatic heterocycles. The third kappa shape index (κ3) is 6.62. The van der Waals surface area contributed by atoms with Crippen molar-refractivity contribution in [2.24, 2.45) is 0 Å². The van der Waals surface area contributed by atoms with Crippen LogP contribution in [-0.4, -0.2) is 43.1 Å². The van der Waals surface area contributed by atoms with Crippen molar-refractivity contribution in [2.75, 3.05) is 31.0 Å². The van der Waals surface area contributed by atoms with E-state index in [1.807, 2.05) is 0 Å². The molecule has 0 bridgehead atoms. The Bertz CT molecular complexity index is 787. The fourth-order valence-electron chi connectivity index (χ4n) is 2.26. The third-order valence-corrected chi connectivity index (χ3v) is 4.17.